The standard InChI is InChI=1S/C15H23NO3S/c1-14(2)13(15(14,3)4)16-20(18,19)10-12-7-5-11(9-17)6-8-12/h5-8,13,16-17H,9-10H2,1-4H3. The molecule has 5 heteroatoms. The predicted octanol–water partition coefficient (Wildman–Crippen LogP) is 2.03. The molecule has 0 heterocycles. The lowest BCUT2D eigenvalue weighted by Crippen LogP contribution is -2.31. The van der Waals surface area contributed by atoms with Crippen LogP contribution in [-0.2, 0) is 22.4 Å². The second-order valence-corrected chi connectivity index (χ2v) is 8.48. The van der Waals surface area contributed by atoms with Crippen LogP contribution in [0.1, 0.15) is 38.8 Å². The lowest BCUT2D eigenvalue weighted by atomic mass is 10.0. The Labute approximate surface area is 121 Å². The van der Waals surface area contributed by atoms with Crippen molar-refractivity contribution in [1.82, 2.24) is 4.72 Å². The van der Waals surface area contributed by atoms with Crippen LogP contribution in [0.15, 0.2) is 24.3 Å². The number of sulfonamides is 1. The summed E-state index contributed by atoms with van der Waals surface area (Å²) in [6.45, 7) is 8.29. The number of rotatable bonds is 5. The highest BCUT2D eigenvalue weighted by atomic mass is 32.2. The highest BCUT2D eigenvalue weighted by Crippen LogP contribution is 2.62. The van der Waals surface area contributed by atoms with Gasteiger partial charge in [0.25, 0.3) is 0 Å². The van der Waals surface area contributed by atoms with Crippen LogP contribution < -0.4 is 4.72 Å². The van der Waals surface area contributed by atoms with Gasteiger partial charge in [-0.25, -0.2) is 13.1 Å². The highest BCUT2D eigenvalue weighted by Gasteiger charge is 2.65. The van der Waals surface area contributed by atoms with E-state index >= 15 is 0 Å². The van der Waals surface area contributed by atoms with Gasteiger partial charge >= 0.3 is 0 Å². The van der Waals surface area contributed by atoms with Gasteiger partial charge in [0, 0.05) is 6.04 Å². The molecule has 0 spiro atoms. The van der Waals surface area contributed by atoms with Crippen molar-refractivity contribution >= 4 is 10.0 Å². The Morgan fingerprint density at radius 1 is 1.05 bits per heavy atom. The summed E-state index contributed by atoms with van der Waals surface area (Å²) in [5, 5.41) is 8.97. The third-order valence-corrected chi connectivity index (χ3v) is 6.19. The van der Waals surface area contributed by atoms with E-state index in [0.29, 0.717) is 0 Å². The van der Waals surface area contributed by atoms with Gasteiger partial charge in [0.05, 0.1) is 12.4 Å². The molecule has 0 radical (unpaired) electrons. The fourth-order valence-corrected chi connectivity index (χ4v) is 4.34. The second kappa shape index (κ2) is 4.83. The summed E-state index contributed by atoms with van der Waals surface area (Å²) in [5.74, 6) is -0.0264. The second-order valence-electron chi connectivity index (χ2n) is 6.73. The van der Waals surface area contributed by atoms with E-state index in [1.165, 1.54) is 0 Å². The van der Waals surface area contributed by atoms with E-state index in [9.17, 15) is 8.42 Å². The molecule has 112 valence electrons. The van der Waals surface area contributed by atoms with Crippen LogP contribution in [0.4, 0.5) is 0 Å². The van der Waals surface area contributed by atoms with Crippen LogP contribution in [0.3, 0.4) is 0 Å². The lowest BCUT2D eigenvalue weighted by molar-refractivity contribution is 0.282. The molecule has 2 rings (SSSR count). The van der Waals surface area contributed by atoms with Gasteiger partial charge in [0.15, 0.2) is 0 Å². The van der Waals surface area contributed by atoms with Crippen molar-refractivity contribution in [2.24, 2.45) is 10.8 Å². The van der Waals surface area contributed by atoms with Gasteiger partial charge in [-0.1, -0.05) is 52.0 Å². The molecule has 1 aliphatic carbocycles. The molecule has 2 N–H and O–H groups in total. The number of hydrogen-bond acceptors (Lipinski definition) is 3. The van der Waals surface area contributed by atoms with Crippen LogP contribution in [0.5, 0.6) is 0 Å². The Morgan fingerprint density at radius 2 is 1.50 bits per heavy atom. The molecule has 0 aromatic heterocycles. The van der Waals surface area contributed by atoms with Crippen LogP contribution in [0.25, 0.3) is 0 Å². The predicted molar refractivity (Wildman–Crippen MR) is 79.5 cm³/mol. The van der Waals surface area contributed by atoms with Crippen LogP contribution in [0.2, 0.25) is 0 Å². The maximum atomic E-state index is 12.2. The molecular formula is C15H23NO3S. The molecule has 0 atom stereocenters. The first kappa shape index (κ1) is 15.5. The summed E-state index contributed by atoms with van der Waals surface area (Å²) < 4.78 is 27.3. The van der Waals surface area contributed by atoms with Gasteiger partial charge in [0.1, 0.15) is 0 Å². The summed E-state index contributed by atoms with van der Waals surface area (Å²) in [5.41, 5.74) is 1.48. The Bertz CT molecular complexity index is 574. The summed E-state index contributed by atoms with van der Waals surface area (Å²) in [6, 6.07) is 6.96. The molecule has 0 saturated heterocycles. The summed E-state index contributed by atoms with van der Waals surface area (Å²) in [7, 11) is -3.35. The van der Waals surface area contributed by atoms with Crippen molar-refractivity contribution in [3.63, 3.8) is 0 Å². The fourth-order valence-electron chi connectivity index (χ4n) is 2.67. The number of aliphatic hydroxyl groups excluding tert-OH is 1. The number of benzene rings is 1. The first-order chi connectivity index (χ1) is 9.10. The lowest BCUT2D eigenvalue weighted by Gasteiger charge is -2.08. The van der Waals surface area contributed by atoms with E-state index in [2.05, 4.69) is 32.4 Å². The van der Waals surface area contributed by atoms with Crippen LogP contribution >= 0.6 is 0 Å². The smallest absolute Gasteiger partial charge is 0.216 e. The molecule has 1 aliphatic rings. The van der Waals surface area contributed by atoms with Gasteiger partial charge in [0.2, 0.25) is 10.0 Å². The van der Waals surface area contributed by atoms with E-state index in [0.717, 1.165) is 11.1 Å². The van der Waals surface area contributed by atoms with Crippen molar-refractivity contribution in [2.45, 2.75) is 46.1 Å². The fraction of sp³-hybridized carbons (Fsp3) is 0.600. The van der Waals surface area contributed by atoms with Crippen molar-refractivity contribution < 1.29 is 13.5 Å². The summed E-state index contributed by atoms with van der Waals surface area (Å²) >= 11 is 0. The third-order valence-electron chi connectivity index (χ3n) is 4.88. The zero-order chi connectivity index (χ0) is 15.2. The monoisotopic (exact) mass is 297 g/mol. The molecule has 4 nitrogen and oxygen atoms in total. The molecule has 0 bridgehead atoms. The Balaban J connectivity index is 2.05. The van der Waals surface area contributed by atoms with E-state index < -0.39 is 10.0 Å². The topological polar surface area (TPSA) is 66.4 Å². The number of hydrogen-bond donors (Lipinski definition) is 2. The van der Waals surface area contributed by atoms with Crippen molar-refractivity contribution in [1.29, 1.82) is 0 Å². The van der Waals surface area contributed by atoms with Crippen molar-refractivity contribution in [2.75, 3.05) is 0 Å². The van der Waals surface area contributed by atoms with Gasteiger partial charge < -0.3 is 5.11 Å². The maximum absolute atomic E-state index is 12.2. The minimum absolute atomic E-state index is 0.0131. The molecule has 0 amide bonds. The first-order valence-corrected chi connectivity index (χ1v) is 8.44. The molecular weight excluding hydrogens is 274 g/mol. The average molecular weight is 297 g/mol. The first-order valence-electron chi connectivity index (χ1n) is 6.79. The van der Waals surface area contributed by atoms with Crippen molar-refractivity contribution in [3.8, 4) is 0 Å². The largest absolute Gasteiger partial charge is 0.392 e. The van der Waals surface area contributed by atoms with Crippen LogP contribution in [0, 0.1) is 10.8 Å². The molecule has 20 heavy (non-hydrogen) atoms. The highest BCUT2D eigenvalue weighted by molar-refractivity contribution is 7.88. The number of nitrogens with one attached hydrogen (secondary N) is 1. The normalized spacial score (nSPS) is 20.9. The molecule has 0 unspecified atom stereocenters. The van der Waals surface area contributed by atoms with E-state index in [1.807, 2.05) is 0 Å². The zero-order valence-corrected chi connectivity index (χ0v) is 13.3. The Hall–Kier alpha value is -0.910. The molecule has 0 aliphatic heterocycles. The average Bonchev–Trinajstić information content (AvgIpc) is 2.72. The summed E-state index contributed by atoms with van der Waals surface area (Å²) in [6.07, 6.45) is 0. The quantitative estimate of drug-likeness (QED) is 0.874. The SMILES string of the molecule is CC1(C)C(NS(=O)(=O)Cc2ccc(CO)cc2)C1(C)C. The van der Waals surface area contributed by atoms with Crippen LogP contribution in [-0.4, -0.2) is 19.6 Å². The Morgan fingerprint density at radius 3 is 1.90 bits per heavy atom. The van der Waals surface area contributed by atoms with Crippen molar-refractivity contribution in [3.05, 3.63) is 35.4 Å². The van der Waals surface area contributed by atoms with Gasteiger partial charge in [-0.15, -0.1) is 0 Å². The van der Waals surface area contributed by atoms with E-state index in [4.69, 9.17) is 5.11 Å². The van der Waals surface area contributed by atoms with Gasteiger partial charge in [-0.05, 0) is 22.0 Å². The van der Waals surface area contributed by atoms with Gasteiger partial charge in [-0.2, -0.15) is 0 Å². The maximum Gasteiger partial charge on any atom is 0.216 e. The molecule has 1 aromatic carbocycles. The van der Waals surface area contributed by atoms with E-state index in [1.54, 1.807) is 24.3 Å². The zero-order valence-electron chi connectivity index (χ0n) is 12.5. The molecule has 1 saturated carbocycles. The molecule has 1 aromatic rings. The molecule has 1 fully saturated rings. The number of aliphatic hydroxyl groups is 1. The minimum atomic E-state index is -3.35. The summed E-state index contributed by atoms with van der Waals surface area (Å²) in [4.78, 5) is 0. The van der Waals surface area contributed by atoms with E-state index in [-0.39, 0.29) is 29.2 Å². The minimum Gasteiger partial charge on any atom is -0.392 e. The Kier molecular flexibility index (Phi) is 3.73. The third kappa shape index (κ3) is 2.75. The van der Waals surface area contributed by atoms with Gasteiger partial charge in [-0.3, -0.25) is 0 Å².